The van der Waals surface area contributed by atoms with Gasteiger partial charge in [-0.05, 0) is 45.1 Å². The summed E-state index contributed by atoms with van der Waals surface area (Å²) >= 11 is 3.57. The Morgan fingerprint density at radius 1 is 0.792 bits per heavy atom. The summed E-state index contributed by atoms with van der Waals surface area (Å²) in [5.74, 6) is 0.538. The lowest BCUT2D eigenvalue weighted by Crippen LogP contribution is -2.47. The highest BCUT2D eigenvalue weighted by molar-refractivity contribution is 9.08. The molecule has 1 heteroatoms. The average Bonchev–Trinajstić information content (AvgIpc) is 2.42. The first kappa shape index (κ1) is 21.7. The molecule has 0 aliphatic carbocycles. The number of rotatable bonds is 5. The zero-order valence-electron chi connectivity index (χ0n) is 17.7. The summed E-state index contributed by atoms with van der Waals surface area (Å²) in [7, 11) is 0. The molecule has 1 aromatic rings. The molecule has 1 unspecified atom stereocenters. The molecule has 1 rings (SSSR count). The maximum absolute atomic E-state index is 3.57. The smallest absolute Gasteiger partial charge is 0.0283 e. The van der Waals surface area contributed by atoms with Gasteiger partial charge in [0.2, 0.25) is 0 Å². The second-order valence-corrected chi connectivity index (χ2v) is 11.4. The third-order valence-electron chi connectivity index (χ3n) is 6.71. The molecule has 0 fully saturated rings. The monoisotopic (exact) mass is 394 g/mol. The zero-order valence-corrected chi connectivity index (χ0v) is 19.3. The predicted octanol–water partition coefficient (Wildman–Crippen LogP) is 8.20. The van der Waals surface area contributed by atoms with Gasteiger partial charge in [-0.15, -0.1) is 0 Å². The maximum Gasteiger partial charge on any atom is 0.0283 e. The standard InChI is InChI=1S/C23H39Br/c1-20(2,3)15-19(18-13-11-17(16-24)12-14-18)22(7,8)23(9,10)21(4,5)6/h11-14,19H,15-16H2,1-10H3. The molecule has 0 aliphatic heterocycles. The van der Waals surface area contributed by atoms with Gasteiger partial charge < -0.3 is 0 Å². The Balaban J connectivity index is 3.41. The highest BCUT2D eigenvalue weighted by atomic mass is 79.9. The molecule has 0 N–H and O–H groups in total. The quantitative estimate of drug-likeness (QED) is 0.441. The molecular formula is C23H39Br. The van der Waals surface area contributed by atoms with Crippen molar-refractivity contribution in [3.05, 3.63) is 35.4 Å². The normalized spacial score (nSPS) is 15.5. The minimum atomic E-state index is 0.189. The van der Waals surface area contributed by atoms with Gasteiger partial charge in [-0.25, -0.2) is 0 Å². The summed E-state index contributed by atoms with van der Waals surface area (Å²) in [5.41, 5.74) is 3.79. The van der Waals surface area contributed by atoms with Gasteiger partial charge in [0, 0.05) is 5.33 Å². The molecule has 0 aromatic heterocycles. The molecule has 0 nitrogen and oxygen atoms in total. The van der Waals surface area contributed by atoms with E-state index in [0.29, 0.717) is 11.3 Å². The van der Waals surface area contributed by atoms with Crippen LogP contribution in [0.15, 0.2) is 24.3 Å². The summed E-state index contributed by atoms with van der Waals surface area (Å²) in [4.78, 5) is 0. The predicted molar refractivity (Wildman–Crippen MR) is 113 cm³/mol. The van der Waals surface area contributed by atoms with Gasteiger partial charge in [0.05, 0.1) is 0 Å². The van der Waals surface area contributed by atoms with Crippen molar-refractivity contribution in [2.24, 2.45) is 21.7 Å². The van der Waals surface area contributed by atoms with E-state index in [2.05, 4.69) is 109 Å². The highest BCUT2D eigenvalue weighted by Crippen LogP contribution is 2.59. The molecule has 0 bridgehead atoms. The van der Waals surface area contributed by atoms with E-state index in [9.17, 15) is 0 Å². The first-order valence-electron chi connectivity index (χ1n) is 9.28. The molecule has 1 aromatic carbocycles. The molecule has 1 atom stereocenters. The lowest BCUT2D eigenvalue weighted by atomic mass is 9.49. The fraction of sp³-hybridized carbons (Fsp3) is 0.739. The van der Waals surface area contributed by atoms with E-state index < -0.39 is 0 Å². The van der Waals surface area contributed by atoms with Crippen LogP contribution in [0.4, 0.5) is 0 Å². The fourth-order valence-electron chi connectivity index (χ4n) is 3.64. The summed E-state index contributed by atoms with van der Waals surface area (Å²) in [6.45, 7) is 24.1. The molecule has 0 amide bonds. The van der Waals surface area contributed by atoms with Gasteiger partial charge in [0.1, 0.15) is 0 Å². The second-order valence-electron chi connectivity index (χ2n) is 10.8. The first-order chi connectivity index (χ1) is 10.6. The Kier molecular flexibility index (Phi) is 6.47. The minimum absolute atomic E-state index is 0.189. The van der Waals surface area contributed by atoms with Crippen molar-refractivity contribution >= 4 is 15.9 Å². The van der Waals surface area contributed by atoms with Crippen molar-refractivity contribution in [2.45, 2.75) is 86.9 Å². The lowest BCUT2D eigenvalue weighted by Gasteiger charge is -2.55. The number of halogens is 1. The van der Waals surface area contributed by atoms with Gasteiger partial charge >= 0.3 is 0 Å². The van der Waals surface area contributed by atoms with E-state index in [4.69, 9.17) is 0 Å². The molecule has 0 heterocycles. The number of benzene rings is 1. The molecular weight excluding hydrogens is 356 g/mol. The van der Waals surface area contributed by atoms with Crippen LogP contribution in [0.3, 0.4) is 0 Å². The zero-order chi connectivity index (χ0) is 19.0. The van der Waals surface area contributed by atoms with Crippen molar-refractivity contribution in [3.63, 3.8) is 0 Å². The van der Waals surface area contributed by atoms with Crippen LogP contribution in [0.5, 0.6) is 0 Å². The Hall–Kier alpha value is -0.300. The summed E-state index contributed by atoms with van der Waals surface area (Å²) in [6, 6.07) is 9.26. The highest BCUT2D eigenvalue weighted by Gasteiger charge is 2.50. The molecule has 0 saturated carbocycles. The largest absolute Gasteiger partial charge is 0.0876 e. The Bertz CT molecular complexity index is 521. The SMILES string of the molecule is CC(C)(C)CC(c1ccc(CBr)cc1)C(C)(C)C(C)(C)C(C)(C)C. The van der Waals surface area contributed by atoms with E-state index in [1.165, 1.54) is 17.5 Å². The molecule has 0 aliphatic rings. The molecule has 138 valence electrons. The van der Waals surface area contributed by atoms with E-state index in [1.807, 2.05) is 0 Å². The average molecular weight is 395 g/mol. The second kappa shape index (κ2) is 7.14. The lowest BCUT2D eigenvalue weighted by molar-refractivity contribution is -0.0349. The minimum Gasteiger partial charge on any atom is -0.0876 e. The van der Waals surface area contributed by atoms with Crippen molar-refractivity contribution in [1.82, 2.24) is 0 Å². The van der Waals surface area contributed by atoms with Crippen LogP contribution in [0.2, 0.25) is 0 Å². The van der Waals surface area contributed by atoms with E-state index in [0.717, 1.165) is 5.33 Å². The van der Waals surface area contributed by atoms with Crippen LogP contribution in [0.25, 0.3) is 0 Å². The van der Waals surface area contributed by atoms with Gasteiger partial charge in [0.15, 0.2) is 0 Å². The molecule has 0 saturated heterocycles. The van der Waals surface area contributed by atoms with Crippen LogP contribution in [-0.4, -0.2) is 0 Å². The fourth-order valence-corrected chi connectivity index (χ4v) is 4.02. The molecule has 0 spiro atoms. The van der Waals surface area contributed by atoms with Crippen LogP contribution in [0, 0.1) is 21.7 Å². The number of alkyl halides is 1. The van der Waals surface area contributed by atoms with E-state index in [1.54, 1.807) is 0 Å². The Labute approximate surface area is 160 Å². The van der Waals surface area contributed by atoms with Crippen LogP contribution < -0.4 is 0 Å². The number of hydrogen-bond acceptors (Lipinski definition) is 0. The van der Waals surface area contributed by atoms with Crippen molar-refractivity contribution in [2.75, 3.05) is 0 Å². The van der Waals surface area contributed by atoms with Crippen molar-refractivity contribution < 1.29 is 0 Å². The summed E-state index contributed by atoms with van der Waals surface area (Å²) < 4.78 is 0. The Morgan fingerprint density at radius 3 is 1.58 bits per heavy atom. The van der Waals surface area contributed by atoms with Crippen LogP contribution in [-0.2, 0) is 5.33 Å². The van der Waals surface area contributed by atoms with Crippen molar-refractivity contribution in [1.29, 1.82) is 0 Å². The van der Waals surface area contributed by atoms with Gasteiger partial charge in [-0.2, -0.15) is 0 Å². The maximum atomic E-state index is 3.57. The third kappa shape index (κ3) is 4.65. The van der Waals surface area contributed by atoms with Gasteiger partial charge in [-0.1, -0.05) is 109 Å². The van der Waals surface area contributed by atoms with Crippen LogP contribution in [0.1, 0.15) is 92.7 Å². The number of hydrogen-bond donors (Lipinski definition) is 0. The molecule has 24 heavy (non-hydrogen) atoms. The Morgan fingerprint density at radius 2 is 1.25 bits per heavy atom. The van der Waals surface area contributed by atoms with Crippen LogP contribution >= 0.6 is 15.9 Å². The topological polar surface area (TPSA) is 0 Å². The summed E-state index contributed by atoms with van der Waals surface area (Å²) in [6.07, 6.45) is 1.20. The van der Waals surface area contributed by atoms with E-state index in [-0.39, 0.29) is 16.2 Å². The van der Waals surface area contributed by atoms with Crippen molar-refractivity contribution in [3.8, 4) is 0 Å². The van der Waals surface area contributed by atoms with E-state index >= 15 is 0 Å². The van der Waals surface area contributed by atoms with Gasteiger partial charge in [0.25, 0.3) is 0 Å². The third-order valence-corrected chi connectivity index (χ3v) is 7.36. The molecule has 0 radical (unpaired) electrons. The first-order valence-corrected chi connectivity index (χ1v) is 10.4. The summed E-state index contributed by atoms with van der Waals surface area (Å²) in [5, 5.41) is 0.925. The van der Waals surface area contributed by atoms with Gasteiger partial charge in [-0.3, -0.25) is 0 Å².